The number of amides is 2. The van der Waals surface area contributed by atoms with Crippen LogP contribution in [-0.2, 0) is 19.1 Å². The summed E-state index contributed by atoms with van der Waals surface area (Å²) in [5.41, 5.74) is 0. The molecule has 0 aromatic heterocycles. The standard InChI is InChI=1S/C21H37N3O4/c1-4-22(5-2)21(27)20(17-9-7-8-10-17)24-15-13-23(14-16-24)18(25)11-12-19(26)28-6-3/h17,20H,4-16H2,1-3H3/t20-/m1/s1. The molecule has 1 saturated carbocycles. The molecule has 0 N–H and O–H groups in total. The maximum Gasteiger partial charge on any atom is 0.306 e. The Bertz CT molecular complexity index is 522. The lowest BCUT2D eigenvalue weighted by atomic mass is 9.94. The van der Waals surface area contributed by atoms with Gasteiger partial charge in [-0.1, -0.05) is 12.8 Å². The van der Waals surface area contributed by atoms with Crippen LogP contribution in [0.4, 0.5) is 0 Å². The Morgan fingerprint density at radius 3 is 2.11 bits per heavy atom. The summed E-state index contributed by atoms with van der Waals surface area (Å²) in [6.07, 6.45) is 4.99. The number of nitrogens with zero attached hydrogens (tertiary/aromatic N) is 3. The molecule has 1 saturated heterocycles. The predicted octanol–water partition coefficient (Wildman–Crippen LogP) is 1.90. The van der Waals surface area contributed by atoms with Gasteiger partial charge < -0.3 is 14.5 Å². The molecule has 7 heteroatoms. The topological polar surface area (TPSA) is 70.2 Å². The Morgan fingerprint density at radius 1 is 0.964 bits per heavy atom. The zero-order valence-electron chi connectivity index (χ0n) is 17.8. The first-order valence-electron chi connectivity index (χ1n) is 11.0. The number of rotatable bonds is 9. The van der Waals surface area contributed by atoms with Gasteiger partial charge in [-0.15, -0.1) is 0 Å². The molecule has 0 spiro atoms. The number of likely N-dealkylation sites (N-methyl/N-ethyl adjacent to an activating group) is 1. The van der Waals surface area contributed by atoms with E-state index >= 15 is 0 Å². The third-order valence-corrected chi connectivity index (χ3v) is 6.08. The fourth-order valence-electron chi connectivity index (χ4n) is 4.50. The first-order valence-corrected chi connectivity index (χ1v) is 11.0. The van der Waals surface area contributed by atoms with Crippen LogP contribution in [0.15, 0.2) is 0 Å². The van der Waals surface area contributed by atoms with E-state index in [-0.39, 0.29) is 36.7 Å². The minimum atomic E-state index is -0.319. The Kier molecular flexibility index (Phi) is 9.22. The van der Waals surface area contributed by atoms with Crippen molar-refractivity contribution in [3.8, 4) is 0 Å². The van der Waals surface area contributed by atoms with Crippen molar-refractivity contribution in [3.05, 3.63) is 0 Å². The number of hydrogen-bond donors (Lipinski definition) is 0. The zero-order valence-corrected chi connectivity index (χ0v) is 17.8. The van der Waals surface area contributed by atoms with Crippen molar-refractivity contribution in [1.82, 2.24) is 14.7 Å². The van der Waals surface area contributed by atoms with Gasteiger partial charge in [0.1, 0.15) is 0 Å². The van der Waals surface area contributed by atoms with Crippen LogP contribution in [0.5, 0.6) is 0 Å². The molecule has 2 rings (SSSR count). The summed E-state index contributed by atoms with van der Waals surface area (Å²) < 4.78 is 4.90. The highest BCUT2D eigenvalue weighted by Gasteiger charge is 2.38. The monoisotopic (exact) mass is 395 g/mol. The highest BCUT2D eigenvalue weighted by Crippen LogP contribution is 2.32. The van der Waals surface area contributed by atoms with E-state index in [1.54, 1.807) is 6.92 Å². The molecule has 7 nitrogen and oxygen atoms in total. The van der Waals surface area contributed by atoms with Crippen molar-refractivity contribution >= 4 is 17.8 Å². The van der Waals surface area contributed by atoms with Gasteiger partial charge >= 0.3 is 5.97 Å². The molecule has 2 amide bonds. The van der Waals surface area contributed by atoms with Crippen LogP contribution in [0.1, 0.15) is 59.3 Å². The number of esters is 1. The summed E-state index contributed by atoms with van der Waals surface area (Å²) >= 11 is 0. The van der Waals surface area contributed by atoms with E-state index in [1.165, 1.54) is 12.8 Å². The first kappa shape index (κ1) is 22.7. The number of ether oxygens (including phenoxy) is 1. The SMILES string of the molecule is CCOC(=O)CCC(=O)N1CCN([C@@H](C(=O)N(CC)CC)C2CCCC2)CC1. The lowest BCUT2D eigenvalue weighted by Gasteiger charge is -2.42. The fourth-order valence-corrected chi connectivity index (χ4v) is 4.50. The van der Waals surface area contributed by atoms with E-state index in [0.29, 0.717) is 25.6 Å². The molecule has 1 aliphatic carbocycles. The Balaban J connectivity index is 1.92. The van der Waals surface area contributed by atoms with Crippen LogP contribution in [0.2, 0.25) is 0 Å². The van der Waals surface area contributed by atoms with E-state index in [4.69, 9.17) is 4.74 Å². The third kappa shape index (κ3) is 5.93. The van der Waals surface area contributed by atoms with Crippen molar-refractivity contribution in [2.45, 2.75) is 65.3 Å². The number of hydrogen-bond acceptors (Lipinski definition) is 5. The maximum atomic E-state index is 13.2. The number of piperazine rings is 1. The molecule has 28 heavy (non-hydrogen) atoms. The van der Waals surface area contributed by atoms with Gasteiger partial charge in [0, 0.05) is 45.7 Å². The molecule has 160 valence electrons. The van der Waals surface area contributed by atoms with Crippen LogP contribution < -0.4 is 0 Å². The largest absolute Gasteiger partial charge is 0.466 e. The molecule has 2 fully saturated rings. The summed E-state index contributed by atoms with van der Waals surface area (Å²) in [4.78, 5) is 43.1. The minimum absolute atomic E-state index is 0.000175. The van der Waals surface area contributed by atoms with Gasteiger partial charge in [0.05, 0.1) is 19.1 Å². The molecule has 1 aliphatic heterocycles. The lowest BCUT2D eigenvalue weighted by molar-refractivity contribution is -0.147. The molecular formula is C21H37N3O4. The molecule has 0 bridgehead atoms. The number of carbonyl (C=O) groups excluding carboxylic acids is 3. The zero-order chi connectivity index (χ0) is 20.5. The third-order valence-electron chi connectivity index (χ3n) is 6.08. The molecule has 0 radical (unpaired) electrons. The highest BCUT2D eigenvalue weighted by atomic mass is 16.5. The van der Waals surface area contributed by atoms with Gasteiger partial charge in [0.25, 0.3) is 0 Å². The van der Waals surface area contributed by atoms with Gasteiger partial charge in [-0.3, -0.25) is 19.3 Å². The smallest absolute Gasteiger partial charge is 0.306 e. The Morgan fingerprint density at radius 2 is 1.57 bits per heavy atom. The van der Waals surface area contributed by atoms with E-state index in [2.05, 4.69) is 4.90 Å². The van der Waals surface area contributed by atoms with E-state index < -0.39 is 0 Å². The summed E-state index contributed by atoms with van der Waals surface area (Å²) in [5.74, 6) is 0.360. The highest BCUT2D eigenvalue weighted by molar-refractivity contribution is 5.83. The van der Waals surface area contributed by atoms with Gasteiger partial charge in [-0.2, -0.15) is 0 Å². The second-order valence-corrected chi connectivity index (χ2v) is 7.72. The summed E-state index contributed by atoms with van der Waals surface area (Å²) in [6, 6.07) is -0.0563. The first-order chi connectivity index (χ1) is 13.5. The van der Waals surface area contributed by atoms with Gasteiger partial charge in [-0.05, 0) is 39.5 Å². The van der Waals surface area contributed by atoms with Crippen LogP contribution >= 0.6 is 0 Å². The average Bonchev–Trinajstić information content (AvgIpc) is 3.22. The van der Waals surface area contributed by atoms with Crippen LogP contribution in [0.25, 0.3) is 0 Å². The fraction of sp³-hybridized carbons (Fsp3) is 0.857. The minimum Gasteiger partial charge on any atom is -0.466 e. The van der Waals surface area contributed by atoms with E-state index in [0.717, 1.165) is 39.0 Å². The average molecular weight is 396 g/mol. The van der Waals surface area contributed by atoms with Gasteiger partial charge in [0.15, 0.2) is 0 Å². The molecule has 1 heterocycles. The van der Waals surface area contributed by atoms with E-state index in [9.17, 15) is 14.4 Å². The number of carbonyl (C=O) groups is 3. The van der Waals surface area contributed by atoms with Crippen LogP contribution in [0.3, 0.4) is 0 Å². The van der Waals surface area contributed by atoms with Crippen molar-refractivity contribution in [3.63, 3.8) is 0 Å². The molecule has 0 aromatic carbocycles. The second kappa shape index (κ2) is 11.4. The van der Waals surface area contributed by atoms with Crippen LogP contribution in [0, 0.1) is 5.92 Å². The predicted molar refractivity (Wildman–Crippen MR) is 108 cm³/mol. The van der Waals surface area contributed by atoms with E-state index in [1.807, 2.05) is 23.6 Å². The molecular weight excluding hydrogens is 358 g/mol. The normalized spacial score (nSPS) is 19.5. The molecule has 1 atom stereocenters. The second-order valence-electron chi connectivity index (χ2n) is 7.72. The molecule has 0 unspecified atom stereocenters. The summed E-state index contributed by atoms with van der Waals surface area (Å²) in [7, 11) is 0. The summed E-state index contributed by atoms with van der Waals surface area (Å²) in [5, 5.41) is 0. The molecule has 0 aromatic rings. The quantitative estimate of drug-likeness (QED) is 0.558. The van der Waals surface area contributed by atoms with Crippen molar-refractivity contribution in [1.29, 1.82) is 0 Å². The van der Waals surface area contributed by atoms with Crippen molar-refractivity contribution < 1.29 is 19.1 Å². The van der Waals surface area contributed by atoms with Crippen LogP contribution in [-0.4, -0.2) is 84.4 Å². The van der Waals surface area contributed by atoms with Crippen molar-refractivity contribution in [2.24, 2.45) is 5.92 Å². The van der Waals surface area contributed by atoms with Gasteiger partial charge in [-0.25, -0.2) is 0 Å². The lowest BCUT2D eigenvalue weighted by Crippen LogP contribution is -2.58. The summed E-state index contributed by atoms with van der Waals surface area (Å²) in [6.45, 7) is 10.3. The van der Waals surface area contributed by atoms with Crippen molar-refractivity contribution in [2.75, 3.05) is 45.9 Å². The Labute approximate surface area is 169 Å². The molecule has 2 aliphatic rings. The van der Waals surface area contributed by atoms with Gasteiger partial charge in [0.2, 0.25) is 11.8 Å². The maximum absolute atomic E-state index is 13.2. The Hall–Kier alpha value is -1.63.